The Kier molecular flexibility index (Phi) is 5.41. The van der Waals surface area contributed by atoms with Crippen molar-refractivity contribution in [2.45, 2.75) is 13.0 Å². The highest BCUT2D eigenvalue weighted by Gasteiger charge is 2.44. The van der Waals surface area contributed by atoms with Crippen LogP contribution in [0.15, 0.2) is 36.4 Å². The number of rotatable bonds is 6. The van der Waals surface area contributed by atoms with E-state index < -0.39 is 23.8 Å². The average Bonchev–Trinajstić information content (AvgIpc) is 3.14. The first-order valence-corrected chi connectivity index (χ1v) is 9.78. The first kappa shape index (κ1) is 20.5. The third kappa shape index (κ3) is 3.31. The molecule has 9 heteroatoms. The molecule has 9 nitrogen and oxygen atoms in total. The van der Waals surface area contributed by atoms with Crippen LogP contribution in [0.2, 0.25) is 0 Å². The van der Waals surface area contributed by atoms with Crippen LogP contribution in [0, 0.1) is 5.92 Å². The molecule has 1 aliphatic rings. The maximum absolute atomic E-state index is 13.0. The summed E-state index contributed by atoms with van der Waals surface area (Å²) in [5.74, 6) is -0.647. The van der Waals surface area contributed by atoms with Gasteiger partial charge < -0.3 is 23.5 Å². The van der Waals surface area contributed by atoms with Crippen molar-refractivity contribution in [1.82, 2.24) is 9.55 Å². The molecule has 1 amide bonds. The standard InChI is InChI=1S/C22H23N3O6/c1-5-31-21(27)17-18(12-10-15(28-2)19(30-4)16(11-12)29-3)25-14-9-7-6-8-13(14)23-22(25)24-20(17)26/h6-11,17-18H,5H2,1-4H3,(H,23,24,26)/t17-,18+/m0/s1. The van der Waals surface area contributed by atoms with Gasteiger partial charge in [-0.3, -0.25) is 14.9 Å². The number of aromatic nitrogens is 2. The van der Waals surface area contributed by atoms with Crippen molar-refractivity contribution in [1.29, 1.82) is 0 Å². The molecule has 0 saturated carbocycles. The Morgan fingerprint density at radius 2 is 1.77 bits per heavy atom. The maximum Gasteiger partial charge on any atom is 0.321 e. The molecule has 162 valence electrons. The van der Waals surface area contributed by atoms with Gasteiger partial charge in [-0.05, 0) is 36.8 Å². The van der Waals surface area contributed by atoms with Crippen LogP contribution < -0.4 is 19.5 Å². The van der Waals surface area contributed by atoms with E-state index in [-0.39, 0.29) is 6.61 Å². The van der Waals surface area contributed by atoms with Crippen LogP contribution in [0.4, 0.5) is 5.95 Å². The van der Waals surface area contributed by atoms with E-state index >= 15 is 0 Å². The van der Waals surface area contributed by atoms with E-state index in [2.05, 4.69) is 10.3 Å². The van der Waals surface area contributed by atoms with Gasteiger partial charge in [0.25, 0.3) is 0 Å². The van der Waals surface area contributed by atoms with Gasteiger partial charge in [-0.15, -0.1) is 0 Å². The molecule has 0 bridgehead atoms. The molecule has 0 aliphatic carbocycles. The largest absolute Gasteiger partial charge is 0.493 e. The number of ether oxygens (including phenoxy) is 4. The van der Waals surface area contributed by atoms with Gasteiger partial charge in [0.1, 0.15) is 0 Å². The van der Waals surface area contributed by atoms with Gasteiger partial charge in [0.05, 0.1) is 45.0 Å². The summed E-state index contributed by atoms with van der Waals surface area (Å²) in [6.07, 6.45) is 0. The van der Waals surface area contributed by atoms with Crippen molar-refractivity contribution in [3.8, 4) is 17.2 Å². The number of para-hydroxylation sites is 2. The first-order chi connectivity index (χ1) is 15.0. The van der Waals surface area contributed by atoms with Crippen molar-refractivity contribution in [3.05, 3.63) is 42.0 Å². The van der Waals surface area contributed by atoms with Crippen LogP contribution in [-0.4, -0.2) is 49.4 Å². The van der Waals surface area contributed by atoms with Gasteiger partial charge in [-0.2, -0.15) is 0 Å². The molecule has 4 rings (SSSR count). The summed E-state index contributed by atoms with van der Waals surface area (Å²) < 4.78 is 23.5. The third-order valence-electron chi connectivity index (χ3n) is 5.28. The number of benzene rings is 2. The molecule has 0 radical (unpaired) electrons. The molecule has 0 spiro atoms. The second-order valence-electron chi connectivity index (χ2n) is 6.92. The van der Waals surface area contributed by atoms with Gasteiger partial charge in [-0.1, -0.05) is 12.1 Å². The Balaban J connectivity index is 2.00. The molecule has 1 aliphatic heterocycles. The summed E-state index contributed by atoms with van der Waals surface area (Å²) in [5, 5.41) is 2.74. The SMILES string of the molecule is CCOC(=O)[C@@H]1C(=O)Nc2nc3ccccc3n2[C@@H]1c1cc(OC)c(OC)c(OC)c1. The van der Waals surface area contributed by atoms with Gasteiger partial charge in [-0.25, -0.2) is 4.98 Å². The maximum atomic E-state index is 13.0. The number of carbonyl (C=O) groups is 2. The molecular formula is C22H23N3O6. The zero-order valence-electron chi connectivity index (χ0n) is 17.7. The van der Waals surface area contributed by atoms with Gasteiger partial charge >= 0.3 is 5.97 Å². The van der Waals surface area contributed by atoms with Crippen molar-refractivity contribution in [2.24, 2.45) is 5.92 Å². The highest BCUT2D eigenvalue weighted by atomic mass is 16.5. The first-order valence-electron chi connectivity index (χ1n) is 9.78. The second kappa shape index (κ2) is 8.17. The van der Waals surface area contributed by atoms with Gasteiger partial charge in [0.15, 0.2) is 17.4 Å². The predicted octanol–water partition coefficient (Wildman–Crippen LogP) is 2.78. The smallest absolute Gasteiger partial charge is 0.321 e. The summed E-state index contributed by atoms with van der Waals surface area (Å²) in [4.78, 5) is 30.4. The topological polar surface area (TPSA) is 101 Å². The van der Waals surface area contributed by atoms with Crippen LogP contribution in [0.5, 0.6) is 17.2 Å². The van der Waals surface area contributed by atoms with E-state index in [1.807, 2.05) is 28.8 Å². The Hall–Kier alpha value is -3.75. The average molecular weight is 425 g/mol. The summed E-state index contributed by atoms with van der Waals surface area (Å²) in [6.45, 7) is 1.85. The minimum absolute atomic E-state index is 0.155. The summed E-state index contributed by atoms with van der Waals surface area (Å²) in [5.41, 5.74) is 2.08. The molecule has 2 aromatic carbocycles. The lowest BCUT2D eigenvalue weighted by Gasteiger charge is -2.32. The molecule has 1 aromatic heterocycles. The number of esters is 1. The zero-order chi connectivity index (χ0) is 22.1. The van der Waals surface area contributed by atoms with Crippen molar-refractivity contribution in [3.63, 3.8) is 0 Å². The summed E-state index contributed by atoms with van der Waals surface area (Å²) in [7, 11) is 4.53. The molecule has 31 heavy (non-hydrogen) atoms. The molecule has 0 fully saturated rings. The van der Waals surface area contributed by atoms with Gasteiger partial charge in [0, 0.05) is 0 Å². The van der Waals surface area contributed by atoms with Crippen LogP contribution >= 0.6 is 0 Å². The number of amides is 1. The molecule has 3 aromatic rings. The fraction of sp³-hybridized carbons (Fsp3) is 0.318. The number of hydrogen-bond acceptors (Lipinski definition) is 7. The Morgan fingerprint density at radius 1 is 1.10 bits per heavy atom. The fourth-order valence-corrected chi connectivity index (χ4v) is 3.98. The molecular weight excluding hydrogens is 402 g/mol. The number of imidazole rings is 1. The lowest BCUT2D eigenvalue weighted by molar-refractivity contribution is -0.152. The molecule has 2 heterocycles. The van der Waals surface area contributed by atoms with Crippen molar-refractivity contribution >= 4 is 28.9 Å². The van der Waals surface area contributed by atoms with Crippen LogP contribution in [-0.2, 0) is 14.3 Å². The van der Waals surface area contributed by atoms with E-state index in [1.54, 1.807) is 19.1 Å². The molecule has 0 unspecified atom stereocenters. The number of nitrogens with one attached hydrogen (secondary N) is 1. The molecule has 0 saturated heterocycles. The number of anilines is 1. The Labute approximate surface area is 178 Å². The van der Waals surface area contributed by atoms with Gasteiger partial charge in [0.2, 0.25) is 17.6 Å². The lowest BCUT2D eigenvalue weighted by Crippen LogP contribution is -2.43. The molecule has 1 N–H and O–H groups in total. The van der Waals surface area contributed by atoms with Crippen LogP contribution in [0.1, 0.15) is 18.5 Å². The quantitative estimate of drug-likeness (QED) is 0.479. The summed E-state index contributed by atoms with van der Waals surface area (Å²) in [6, 6.07) is 10.2. The summed E-state index contributed by atoms with van der Waals surface area (Å²) >= 11 is 0. The van der Waals surface area contributed by atoms with E-state index in [1.165, 1.54) is 21.3 Å². The number of nitrogens with zero attached hydrogens (tertiary/aromatic N) is 2. The normalized spacial score (nSPS) is 17.6. The number of methoxy groups -OCH3 is 3. The second-order valence-corrected chi connectivity index (χ2v) is 6.92. The van der Waals surface area contributed by atoms with E-state index in [0.29, 0.717) is 34.3 Å². The minimum atomic E-state index is -1.13. The Morgan fingerprint density at radius 3 is 2.39 bits per heavy atom. The lowest BCUT2D eigenvalue weighted by atomic mass is 9.89. The van der Waals surface area contributed by atoms with E-state index in [9.17, 15) is 9.59 Å². The zero-order valence-corrected chi connectivity index (χ0v) is 17.7. The Bertz CT molecular complexity index is 1130. The third-order valence-corrected chi connectivity index (χ3v) is 5.28. The fourth-order valence-electron chi connectivity index (χ4n) is 3.98. The number of carbonyl (C=O) groups excluding carboxylic acids is 2. The van der Waals surface area contributed by atoms with Crippen LogP contribution in [0.25, 0.3) is 11.0 Å². The minimum Gasteiger partial charge on any atom is -0.493 e. The number of fused-ring (bicyclic) bond motifs is 3. The highest BCUT2D eigenvalue weighted by Crippen LogP contribution is 2.45. The van der Waals surface area contributed by atoms with E-state index in [0.717, 1.165) is 5.52 Å². The van der Waals surface area contributed by atoms with E-state index in [4.69, 9.17) is 18.9 Å². The number of hydrogen-bond donors (Lipinski definition) is 1. The molecule has 2 atom stereocenters. The van der Waals surface area contributed by atoms with Crippen LogP contribution in [0.3, 0.4) is 0 Å². The predicted molar refractivity (Wildman–Crippen MR) is 113 cm³/mol. The highest BCUT2D eigenvalue weighted by molar-refractivity contribution is 6.07. The van der Waals surface area contributed by atoms with Crippen molar-refractivity contribution in [2.75, 3.05) is 33.3 Å². The van der Waals surface area contributed by atoms with Crippen molar-refractivity contribution < 1.29 is 28.5 Å². The monoisotopic (exact) mass is 425 g/mol.